The van der Waals surface area contributed by atoms with E-state index in [0.29, 0.717) is 6.04 Å². The molecule has 0 aliphatic carbocycles. The zero-order chi connectivity index (χ0) is 17.1. The molecule has 1 saturated heterocycles. The Labute approximate surface area is 151 Å². The lowest BCUT2D eigenvalue weighted by atomic mass is 10.0. The second-order valence-corrected chi connectivity index (χ2v) is 7.08. The Morgan fingerprint density at radius 2 is 1.88 bits per heavy atom. The molecule has 0 saturated carbocycles. The van der Waals surface area contributed by atoms with Crippen LogP contribution in [-0.4, -0.2) is 24.1 Å². The molecule has 3 nitrogen and oxygen atoms in total. The fourth-order valence-corrected chi connectivity index (χ4v) is 3.97. The number of nitrogens with one attached hydrogen (secondary N) is 1. The molecule has 1 fully saturated rings. The van der Waals surface area contributed by atoms with Crippen molar-refractivity contribution in [2.24, 2.45) is 0 Å². The highest BCUT2D eigenvalue weighted by atomic mass is 32.1. The number of nitrogens with zero attached hydrogens (tertiary/aromatic N) is 2. The molecule has 4 rings (SSSR count). The van der Waals surface area contributed by atoms with E-state index in [1.165, 1.54) is 23.3 Å². The van der Waals surface area contributed by atoms with Gasteiger partial charge in [0.25, 0.3) is 0 Å². The first kappa shape index (κ1) is 16.1. The van der Waals surface area contributed by atoms with E-state index in [9.17, 15) is 4.39 Å². The van der Waals surface area contributed by atoms with Crippen molar-refractivity contribution in [1.29, 1.82) is 0 Å². The molecular formula is C20H20FN3S. The first-order valence-electron chi connectivity index (χ1n) is 8.54. The van der Waals surface area contributed by atoms with Crippen LogP contribution in [0.4, 0.5) is 15.9 Å². The average Bonchev–Trinajstić information content (AvgIpc) is 3.19. The molecule has 1 aromatic carbocycles. The maximum Gasteiger partial charge on any atom is 0.136 e. The van der Waals surface area contributed by atoms with E-state index in [-0.39, 0.29) is 5.82 Å². The monoisotopic (exact) mass is 353 g/mol. The van der Waals surface area contributed by atoms with Gasteiger partial charge in [-0.2, -0.15) is 11.3 Å². The number of hydrogen-bond donors (Lipinski definition) is 1. The van der Waals surface area contributed by atoms with Crippen LogP contribution in [0.25, 0.3) is 11.1 Å². The fraction of sp³-hybridized carbons (Fsp3) is 0.250. The number of anilines is 2. The van der Waals surface area contributed by atoms with Crippen LogP contribution in [0, 0.1) is 5.82 Å². The number of aromatic nitrogens is 1. The predicted molar refractivity (Wildman–Crippen MR) is 103 cm³/mol. The van der Waals surface area contributed by atoms with Crippen LogP contribution in [-0.2, 0) is 0 Å². The Kier molecular flexibility index (Phi) is 4.65. The summed E-state index contributed by atoms with van der Waals surface area (Å²) in [5.74, 6) is 0.873. The lowest BCUT2D eigenvalue weighted by molar-refractivity contribution is 0.524. The van der Waals surface area contributed by atoms with Crippen LogP contribution in [0.15, 0.2) is 59.4 Å². The SMILES string of the molecule is Fc1ccc(NC2CCN(c3ncccc3-c3ccsc3)CC2)cc1. The summed E-state index contributed by atoms with van der Waals surface area (Å²) in [7, 11) is 0. The van der Waals surface area contributed by atoms with Gasteiger partial charge in [-0.15, -0.1) is 0 Å². The molecule has 25 heavy (non-hydrogen) atoms. The highest BCUT2D eigenvalue weighted by Gasteiger charge is 2.22. The van der Waals surface area contributed by atoms with Crippen LogP contribution >= 0.6 is 11.3 Å². The van der Waals surface area contributed by atoms with Gasteiger partial charge in [0.2, 0.25) is 0 Å². The fourth-order valence-electron chi connectivity index (χ4n) is 3.31. The molecule has 1 N–H and O–H groups in total. The number of thiophene rings is 1. The zero-order valence-corrected chi connectivity index (χ0v) is 14.7. The molecule has 1 aliphatic heterocycles. The lowest BCUT2D eigenvalue weighted by Crippen LogP contribution is -2.39. The van der Waals surface area contributed by atoms with Crippen LogP contribution < -0.4 is 10.2 Å². The van der Waals surface area contributed by atoms with Crippen molar-refractivity contribution < 1.29 is 4.39 Å². The minimum atomic E-state index is -0.198. The Balaban J connectivity index is 1.43. The summed E-state index contributed by atoms with van der Waals surface area (Å²) in [4.78, 5) is 7.02. The lowest BCUT2D eigenvalue weighted by Gasteiger charge is -2.34. The van der Waals surface area contributed by atoms with Gasteiger partial charge in [0.1, 0.15) is 11.6 Å². The van der Waals surface area contributed by atoms with Crippen molar-refractivity contribution in [3.8, 4) is 11.1 Å². The standard InChI is InChI=1S/C20H20FN3S/c21-16-3-5-17(6-4-16)23-18-7-11-24(12-8-18)20-19(2-1-10-22-20)15-9-13-25-14-15/h1-6,9-10,13-14,18,23H,7-8,11-12H2. The number of piperidine rings is 1. The number of benzene rings is 1. The molecule has 0 spiro atoms. The summed E-state index contributed by atoms with van der Waals surface area (Å²) in [6, 6.07) is 13.3. The number of hydrogen-bond acceptors (Lipinski definition) is 4. The topological polar surface area (TPSA) is 28.2 Å². The van der Waals surface area contributed by atoms with Crippen molar-refractivity contribution >= 4 is 22.8 Å². The number of halogens is 1. The Hall–Kier alpha value is -2.40. The minimum Gasteiger partial charge on any atom is -0.382 e. The molecule has 0 unspecified atom stereocenters. The van der Waals surface area contributed by atoms with Crippen molar-refractivity contribution in [3.63, 3.8) is 0 Å². The highest BCUT2D eigenvalue weighted by molar-refractivity contribution is 7.08. The zero-order valence-electron chi connectivity index (χ0n) is 13.9. The molecule has 1 aliphatic rings. The van der Waals surface area contributed by atoms with Gasteiger partial charge in [-0.1, -0.05) is 0 Å². The van der Waals surface area contributed by atoms with Crippen molar-refractivity contribution in [3.05, 3.63) is 65.2 Å². The quantitative estimate of drug-likeness (QED) is 0.713. The van der Waals surface area contributed by atoms with Gasteiger partial charge < -0.3 is 10.2 Å². The van der Waals surface area contributed by atoms with Crippen LogP contribution in [0.2, 0.25) is 0 Å². The maximum absolute atomic E-state index is 13.0. The number of rotatable bonds is 4. The predicted octanol–water partition coefficient (Wildman–Crippen LogP) is 5.03. The van der Waals surface area contributed by atoms with E-state index in [0.717, 1.165) is 37.4 Å². The van der Waals surface area contributed by atoms with Gasteiger partial charge >= 0.3 is 0 Å². The maximum atomic E-state index is 13.0. The first-order valence-corrected chi connectivity index (χ1v) is 9.48. The molecule has 3 aromatic rings. The van der Waals surface area contributed by atoms with Gasteiger partial charge in [-0.3, -0.25) is 0 Å². The molecule has 0 bridgehead atoms. The van der Waals surface area contributed by atoms with Crippen LogP contribution in [0.1, 0.15) is 12.8 Å². The minimum absolute atomic E-state index is 0.198. The van der Waals surface area contributed by atoms with Gasteiger partial charge in [0.05, 0.1) is 0 Å². The van der Waals surface area contributed by atoms with E-state index >= 15 is 0 Å². The van der Waals surface area contributed by atoms with Crippen molar-refractivity contribution in [2.75, 3.05) is 23.3 Å². The van der Waals surface area contributed by atoms with Crippen LogP contribution in [0.5, 0.6) is 0 Å². The summed E-state index contributed by atoms with van der Waals surface area (Å²) < 4.78 is 13.0. The van der Waals surface area contributed by atoms with E-state index in [1.807, 2.05) is 12.3 Å². The normalized spacial score (nSPS) is 15.3. The third kappa shape index (κ3) is 3.66. The van der Waals surface area contributed by atoms with Gasteiger partial charge in [0, 0.05) is 36.6 Å². The second-order valence-electron chi connectivity index (χ2n) is 6.30. The summed E-state index contributed by atoms with van der Waals surface area (Å²) in [6.07, 6.45) is 3.95. The summed E-state index contributed by atoms with van der Waals surface area (Å²) in [5.41, 5.74) is 3.42. The van der Waals surface area contributed by atoms with E-state index in [1.54, 1.807) is 23.5 Å². The van der Waals surface area contributed by atoms with Crippen molar-refractivity contribution in [2.45, 2.75) is 18.9 Å². The first-order chi connectivity index (χ1) is 12.3. The van der Waals surface area contributed by atoms with Gasteiger partial charge in [-0.05, 0) is 71.6 Å². The molecule has 2 aromatic heterocycles. The molecule has 0 radical (unpaired) electrons. The smallest absolute Gasteiger partial charge is 0.136 e. The molecule has 128 valence electrons. The highest BCUT2D eigenvalue weighted by Crippen LogP contribution is 2.32. The van der Waals surface area contributed by atoms with Crippen molar-refractivity contribution in [1.82, 2.24) is 4.98 Å². The van der Waals surface area contributed by atoms with Gasteiger partial charge in [0.15, 0.2) is 0 Å². The number of pyridine rings is 1. The summed E-state index contributed by atoms with van der Waals surface area (Å²) >= 11 is 1.71. The summed E-state index contributed by atoms with van der Waals surface area (Å²) in [5, 5.41) is 7.78. The molecule has 3 heterocycles. The Bertz CT molecular complexity index is 809. The third-order valence-electron chi connectivity index (χ3n) is 4.63. The Morgan fingerprint density at radius 3 is 2.60 bits per heavy atom. The molecular weight excluding hydrogens is 333 g/mol. The summed E-state index contributed by atoms with van der Waals surface area (Å²) in [6.45, 7) is 1.93. The van der Waals surface area contributed by atoms with Gasteiger partial charge in [-0.25, -0.2) is 9.37 Å². The second kappa shape index (κ2) is 7.23. The average molecular weight is 353 g/mol. The molecule has 0 amide bonds. The molecule has 5 heteroatoms. The van der Waals surface area contributed by atoms with E-state index in [2.05, 4.69) is 38.1 Å². The Morgan fingerprint density at radius 1 is 1.08 bits per heavy atom. The third-order valence-corrected chi connectivity index (χ3v) is 5.31. The van der Waals surface area contributed by atoms with E-state index < -0.39 is 0 Å². The molecule has 0 atom stereocenters. The van der Waals surface area contributed by atoms with Crippen LogP contribution in [0.3, 0.4) is 0 Å². The largest absolute Gasteiger partial charge is 0.382 e. The van der Waals surface area contributed by atoms with E-state index in [4.69, 9.17) is 0 Å².